The van der Waals surface area contributed by atoms with Gasteiger partial charge in [-0.1, -0.05) is 29.8 Å². The van der Waals surface area contributed by atoms with E-state index in [9.17, 15) is 17.6 Å². The molecule has 1 aromatic heterocycles. The van der Waals surface area contributed by atoms with Crippen molar-refractivity contribution in [1.29, 1.82) is 0 Å². The van der Waals surface area contributed by atoms with Gasteiger partial charge in [0.2, 0.25) is 0 Å². The van der Waals surface area contributed by atoms with Crippen LogP contribution in [0.4, 0.5) is 4.39 Å². The normalized spacial score (nSPS) is 11.2. The fourth-order valence-corrected chi connectivity index (χ4v) is 3.23. The first-order valence-corrected chi connectivity index (χ1v) is 9.75. The van der Waals surface area contributed by atoms with Crippen molar-refractivity contribution in [3.05, 3.63) is 83.0 Å². The number of halogens is 2. The van der Waals surface area contributed by atoms with Crippen molar-refractivity contribution in [2.24, 2.45) is 0 Å². The summed E-state index contributed by atoms with van der Waals surface area (Å²) < 4.78 is 48.8. The average molecular weight is 425 g/mol. The predicted octanol–water partition coefficient (Wildman–Crippen LogP) is 3.27. The third-order valence-electron chi connectivity index (χ3n) is 3.49. The lowest BCUT2D eigenvalue weighted by Crippen LogP contribution is -2.41. The van der Waals surface area contributed by atoms with Gasteiger partial charge >= 0.3 is 5.91 Å². The molecule has 0 bridgehead atoms. The van der Waals surface area contributed by atoms with Crippen LogP contribution in [0.2, 0.25) is 5.02 Å². The molecule has 2 N–H and O–H groups in total. The highest BCUT2D eigenvalue weighted by Crippen LogP contribution is 2.18. The van der Waals surface area contributed by atoms with Crippen molar-refractivity contribution in [3.8, 4) is 5.75 Å². The molecule has 0 atom stereocenters. The number of para-hydroxylation sites is 1. The first-order valence-electron chi connectivity index (χ1n) is 7.89. The maximum atomic E-state index is 13.8. The van der Waals surface area contributed by atoms with Crippen molar-refractivity contribution in [2.45, 2.75) is 11.5 Å². The summed E-state index contributed by atoms with van der Waals surface area (Å²) in [5.74, 6) is -1.06. The molecular weight excluding hydrogens is 411 g/mol. The topological polar surface area (TPSA) is 97.6 Å². The van der Waals surface area contributed by atoms with E-state index < -0.39 is 26.6 Å². The van der Waals surface area contributed by atoms with Crippen molar-refractivity contribution in [3.63, 3.8) is 0 Å². The molecule has 1 amide bonds. The lowest BCUT2D eigenvalue weighted by molar-refractivity contribution is 0.0913. The molecule has 0 unspecified atom stereocenters. The molecule has 2 aromatic carbocycles. The number of benzene rings is 2. The molecule has 3 rings (SSSR count). The second-order valence-electron chi connectivity index (χ2n) is 5.50. The summed E-state index contributed by atoms with van der Waals surface area (Å²) >= 11 is 5.59. The number of ether oxygens (including phenoxy) is 1. The van der Waals surface area contributed by atoms with E-state index in [1.807, 2.05) is 23.6 Å². The number of carbonyl (C=O) groups excluding carboxylic acids is 1. The first-order chi connectivity index (χ1) is 13.3. The predicted molar refractivity (Wildman–Crippen MR) is 98.7 cm³/mol. The quantitative estimate of drug-likeness (QED) is 0.567. The number of hydrogen-bond acceptors (Lipinski definition) is 5. The maximum absolute atomic E-state index is 13.8. The molecule has 0 aliphatic carbocycles. The van der Waals surface area contributed by atoms with Crippen LogP contribution < -0.4 is 15.0 Å². The van der Waals surface area contributed by atoms with Gasteiger partial charge in [0.25, 0.3) is 10.0 Å². The Bertz CT molecular complexity index is 1090. The number of hydrogen-bond donors (Lipinski definition) is 2. The lowest BCUT2D eigenvalue weighted by atomic mass is 10.3. The van der Waals surface area contributed by atoms with E-state index in [1.165, 1.54) is 18.2 Å². The van der Waals surface area contributed by atoms with Crippen LogP contribution in [0.1, 0.15) is 16.3 Å². The minimum atomic E-state index is -4.33. The standard InChI is InChI=1S/C18H14ClFN2O5S/c19-12-6-9-17(15(20)10-12)28(24,25)22-21-18(23)16-8-7-14(27-16)11-26-13-4-2-1-3-5-13/h1-10,22H,11H2,(H,21,23). The van der Waals surface area contributed by atoms with Gasteiger partial charge in [0, 0.05) is 5.02 Å². The Labute approximate surface area is 165 Å². The van der Waals surface area contributed by atoms with Gasteiger partial charge in [-0.15, -0.1) is 4.83 Å². The first kappa shape index (κ1) is 19.9. The minimum Gasteiger partial charge on any atom is -0.486 e. The zero-order valence-corrected chi connectivity index (χ0v) is 15.8. The van der Waals surface area contributed by atoms with Gasteiger partial charge in [-0.05, 0) is 42.5 Å². The molecule has 10 heteroatoms. The summed E-state index contributed by atoms with van der Waals surface area (Å²) in [6, 6.07) is 14.9. The van der Waals surface area contributed by atoms with Crippen LogP contribution in [0.15, 0.2) is 70.0 Å². The van der Waals surface area contributed by atoms with Crippen LogP contribution in [0.3, 0.4) is 0 Å². The van der Waals surface area contributed by atoms with E-state index in [4.69, 9.17) is 20.8 Å². The highest BCUT2D eigenvalue weighted by atomic mass is 35.5. The summed E-state index contributed by atoms with van der Waals surface area (Å²) in [4.78, 5) is 13.2. The Kier molecular flexibility index (Phi) is 5.98. The minimum absolute atomic E-state index is 0.0429. The number of hydrazine groups is 1. The Morgan fingerprint density at radius 3 is 2.57 bits per heavy atom. The number of nitrogens with one attached hydrogen (secondary N) is 2. The van der Waals surface area contributed by atoms with Crippen molar-refractivity contribution in [2.75, 3.05) is 0 Å². The van der Waals surface area contributed by atoms with Crippen molar-refractivity contribution < 1.29 is 26.8 Å². The Balaban J connectivity index is 1.60. The van der Waals surface area contributed by atoms with Gasteiger partial charge in [0.1, 0.15) is 28.8 Å². The highest BCUT2D eigenvalue weighted by molar-refractivity contribution is 7.89. The molecule has 0 aliphatic heterocycles. The molecule has 1 heterocycles. The van der Waals surface area contributed by atoms with Gasteiger partial charge in [-0.2, -0.15) is 0 Å². The highest BCUT2D eigenvalue weighted by Gasteiger charge is 2.21. The zero-order valence-electron chi connectivity index (χ0n) is 14.2. The van der Waals surface area contributed by atoms with Crippen LogP contribution in [0.25, 0.3) is 0 Å². The summed E-state index contributed by atoms with van der Waals surface area (Å²) in [5, 5.41) is 0.0429. The summed E-state index contributed by atoms with van der Waals surface area (Å²) in [6.45, 7) is 0.0823. The third-order valence-corrected chi connectivity index (χ3v) is 5.01. The third kappa shape index (κ3) is 4.89. The number of rotatable bonds is 7. The molecule has 0 fully saturated rings. The maximum Gasteiger partial charge on any atom is 0.301 e. The van der Waals surface area contributed by atoms with E-state index in [0.717, 1.165) is 12.1 Å². The molecule has 0 aliphatic rings. The van der Waals surface area contributed by atoms with Crippen LogP contribution in [0.5, 0.6) is 5.75 Å². The lowest BCUT2D eigenvalue weighted by Gasteiger charge is -2.08. The van der Waals surface area contributed by atoms with E-state index in [2.05, 4.69) is 0 Å². The van der Waals surface area contributed by atoms with Crippen LogP contribution in [0, 0.1) is 5.82 Å². The molecule has 0 radical (unpaired) electrons. The molecule has 7 nitrogen and oxygen atoms in total. The summed E-state index contributed by atoms with van der Waals surface area (Å²) in [6.07, 6.45) is 0. The van der Waals surface area contributed by atoms with E-state index in [0.29, 0.717) is 11.5 Å². The number of furan rings is 1. The number of sulfonamides is 1. The number of carbonyl (C=O) groups is 1. The van der Waals surface area contributed by atoms with E-state index in [1.54, 1.807) is 17.0 Å². The Hall–Kier alpha value is -2.88. The molecule has 28 heavy (non-hydrogen) atoms. The fraction of sp³-hybridized carbons (Fsp3) is 0.0556. The smallest absolute Gasteiger partial charge is 0.301 e. The average Bonchev–Trinajstić information content (AvgIpc) is 3.14. The van der Waals surface area contributed by atoms with Gasteiger partial charge in [-0.3, -0.25) is 10.2 Å². The van der Waals surface area contributed by atoms with Crippen molar-refractivity contribution >= 4 is 27.5 Å². The van der Waals surface area contributed by atoms with E-state index in [-0.39, 0.29) is 17.4 Å². The van der Waals surface area contributed by atoms with Crippen LogP contribution in [-0.4, -0.2) is 14.3 Å². The monoisotopic (exact) mass is 424 g/mol. The molecule has 3 aromatic rings. The molecule has 0 spiro atoms. The Morgan fingerprint density at radius 1 is 1.11 bits per heavy atom. The Morgan fingerprint density at radius 2 is 1.86 bits per heavy atom. The fourth-order valence-electron chi connectivity index (χ4n) is 2.17. The van der Waals surface area contributed by atoms with Gasteiger partial charge in [0.15, 0.2) is 5.76 Å². The SMILES string of the molecule is O=C(NNS(=O)(=O)c1ccc(Cl)cc1F)c1ccc(COc2ccccc2)o1. The summed E-state index contributed by atoms with van der Waals surface area (Å²) in [5.41, 5.74) is 1.96. The van der Waals surface area contributed by atoms with Crippen LogP contribution >= 0.6 is 11.6 Å². The second kappa shape index (κ2) is 8.42. The number of amides is 1. The van der Waals surface area contributed by atoms with Gasteiger partial charge in [0.05, 0.1) is 0 Å². The largest absolute Gasteiger partial charge is 0.486 e. The molecule has 0 saturated carbocycles. The van der Waals surface area contributed by atoms with Crippen molar-refractivity contribution in [1.82, 2.24) is 10.3 Å². The second-order valence-corrected chi connectivity index (χ2v) is 7.59. The van der Waals surface area contributed by atoms with Gasteiger partial charge < -0.3 is 9.15 Å². The zero-order chi connectivity index (χ0) is 20.1. The molecule has 0 saturated heterocycles. The molecule has 146 valence electrons. The van der Waals surface area contributed by atoms with Gasteiger partial charge in [-0.25, -0.2) is 12.8 Å². The molecular formula is C18H14ClFN2O5S. The summed E-state index contributed by atoms with van der Waals surface area (Å²) in [7, 11) is -4.33. The van der Waals surface area contributed by atoms with E-state index >= 15 is 0 Å². The van der Waals surface area contributed by atoms with Crippen LogP contribution in [-0.2, 0) is 16.6 Å².